The summed E-state index contributed by atoms with van der Waals surface area (Å²) < 4.78 is 10.8. The van der Waals surface area contributed by atoms with E-state index in [1.807, 2.05) is 30.3 Å². The molecule has 148 valence electrons. The highest BCUT2D eigenvalue weighted by Gasteiger charge is 2.37. The molecule has 7 heteroatoms. The number of nitrogens with one attached hydrogen (secondary N) is 2. The number of amides is 2. The molecule has 0 unspecified atom stereocenters. The van der Waals surface area contributed by atoms with E-state index >= 15 is 0 Å². The van der Waals surface area contributed by atoms with E-state index in [0.717, 1.165) is 31.5 Å². The zero-order valence-corrected chi connectivity index (χ0v) is 15.9. The summed E-state index contributed by atoms with van der Waals surface area (Å²) in [7, 11) is 1.70. The molecule has 2 N–H and O–H groups in total. The number of nitrogens with zero attached hydrogens (tertiary/aromatic N) is 1. The van der Waals surface area contributed by atoms with Crippen LogP contribution in [0.3, 0.4) is 0 Å². The maximum absolute atomic E-state index is 12.9. The Morgan fingerprint density at radius 3 is 2.78 bits per heavy atom. The molecule has 0 bridgehead atoms. The van der Waals surface area contributed by atoms with Gasteiger partial charge in [0.1, 0.15) is 12.6 Å². The van der Waals surface area contributed by atoms with Crippen LogP contribution < -0.4 is 10.6 Å². The first-order chi connectivity index (χ1) is 13.1. The van der Waals surface area contributed by atoms with Crippen LogP contribution in [0.5, 0.6) is 0 Å². The number of hydrogen-bond acceptors (Lipinski definition) is 5. The average molecular weight is 375 g/mol. The fourth-order valence-electron chi connectivity index (χ4n) is 3.83. The van der Waals surface area contributed by atoms with E-state index in [-0.39, 0.29) is 30.4 Å². The molecule has 1 aromatic rings. The van der Waals surface area contributed by atoms with Gasteiger partial charge in [0.05, 0.1) is 13.2 Å². The molecule has 0 aliphatic carbocycles. The molecule has 3 rings (SSSR count). The van der Waals surface area contributed by atoms with Gasteiger partial charge < -0.3 is 25.0 Å². The monoisotopic (exact) mass is 375 g/mol. The first kappa shape index (κ1) is 19.8. The molecule has 27 heavy (non-hydrogen) atoms. The van der Waals surface area contributed by atoms with Crippen molar-refractivity contribution in [3.05, 3.63) is 35.9 Å². The van der Waals surface area contributed by atoms with E-state index in [1.165, 1.54) is 0 Å². The highest BCUT2D eigenvalue weighted by molar-refractivity contribution is 5.89. The lowest BCUT2D eigenvalue weighted by molar-refractivity contribution is -0.155. The van der Waals surface area contributed by atoms with Gasteiger partial charge in [0.2, 0.25) is 11.8 Å². The van der Waals surface area contributed by atoms with Crippen LogP contribution in [-0.4, -0.2) is 69.3 Å². The number of morpholine rings is 1. The fraction of sp³-hybridized carbons (Fsp3) is 0.600. The molecule has 7 nitrogen and oxygen atoms in total. The molecule has 1 aromatic carbocycles. The maximum Gasteiger partial charge on any atom is 0.249 e. The van der Waals surface area contributed by atoms with Crippen LogP contribution in [0.4, 0.5) is 0 Å². The number of ether oxygens (including phenoxy) is 2. The van der Waals surface area contributed by atoms with Gasteiger partial charge in [0, 0.05) is 25.6 Å². The van der Waals surface area contributed by atoms with E-state index in [9.17, 15) is 9.59 Å². The number of piperidine rings is 1. The fourth-order valence-corrected chi connectivity index (χ4v) is 3.83. The minimum Gasteiger partial charge on any atom is -0.384 e. The zero-order valence-electron chi connectivity index (χ0n) is 15.9. The van der Waals surface area contributed by atoms with Gasteiger partial charge in [-0.3, -0.25) is 9.59 Å². The average Bonchev–Trinajstić information content (AvgIpc) is 2.69. The highest BCUT2D eigenvalue weighted by atomic mass is 16.5. The minimum absolute atomic E-state index is 0.0237. The second-order valence-electron chi connectivity index (χ2n) is 7.44. The van der Waals surface area contributed by atoms with Crippen LogP contribution >= 0.6 is 0 Å². The van der Waals surface area contributed by atoms with E-state index < -0.39 is 6.04 Å². The van der Waals surface area contributed by atoms with Crippen molar-refractivity contribution in [2.45, 2.75) is 25.4 Å². The van der Waals surface area contributed by atoms with Crippen molar-refractivity contribution in [2.24, 2.45) is 5.41 Å². The third-order valence-electron chi connectivity index (χ3n) is 5.45. The number of carbonyl (C=O) groups is 2. The number of hydrogen-bond donors (Lipinski definition) is 2. The molecule has 1 atom stereocenters. The SMILES string of the molecule is COCC1(CNC(=O)[C@H]2COCC(=O)N2Cc2ccccc2)CCNCC1. The van der Waals surface area contributed by atoms with E-state index in [1.54, 1.807) is 12.0 Å². The Kier molecular flexibility index (Phi) is 6.82. The molecule has 0 aromatic heterocycles. The first-order valence-corrected chi connectivity index (χ1v) is 9.52. The van der Waals surface area contributed by atoms with Crippen LogP contribution in [-0.2, 0) is 25.6 Å². The molecular formula is C20H29N3O4. The van der Waals surface area contributed by atoms with Gasteiger partial charge in [-0.25, -0.2) is 0 Å². The molecule has 0 spiro atoms. The number of benzene rings is 1. The maximum atomic E-state index is 12.9. The molecule has 2 amide bonds. The van der Waals surface area contributed by atoms with Crippen LogP contribution in [0.15, 0.2) is 30.3 Å². The van der Waals surface area contributed by atoms with Crippen LogP contribution in [0.2, 0.25) is 0 Å². The van der Waals surface area contributed by atoms with Crippen molar-refractivity contribution in [3.63, 3.8) is 0 Å². The predicted octanol–water partition coefficient (Wildman–Crippen LogP) is 0.546. The molecule has 2 aliphatic rings. The van der Waals surface area contributed by atoms with Crippen molar-refractivity contribution >= 4 is 11.8 Å². The van der Waals surface area contributed by atoms with Crippen molar-refractivity contribution in [3.8, 4) is 0 Å². The normalized spacial score (nSPS) is 22.5. The van der Waals surface area contributed by atoms with E-state index in [4.69, 9.17) is 9.47 Å². The van der Waals surface area contributed by atoms with Crippen LogP contribution in [0.1, 0.15) is 18.4 Å². The van der Waals surface area contributed by atoms with Gasteiger partial charge in [0.15, 0.2) is 0 Å². The number of carbonyl (C=O) groups excluding carboxylic acids is 2. The topological polar surface area (TPSA) is 79.9 Å². The van der Waals surface area contributed by atoms with Gasteiger partial charge >= 0.3 is 0 Å². The summed E-state index contributed by atoms with van der Waals surface area (Å²) in [4.78, 5) is 26.9. The highest BCUT2D eigenvalue weighted by Crippen LogP contribution is 2.28. The molecule has 0 saturated carbocycles. The van der Waals surface area contributed by atoms with E-state index in [2.05, 4.69) is 10.6 Å². The standard InChI is InChI=1S/C20H29N3O4/c1-26-15-20(7-9-21-10-8-20)14-22-19(25)17-12-27-13-18(24)23(17)11-16-5-3-2-4-6-16/h2-6,17,21H,7-15H2,1H3,(H,22,25)/t17-/m1/s1. The zero-order chi connectivity index (χ0) is 19.1. The summed E-state index contributed by atoms with van der Waals surface area (Å²) in [6.07, 6.45) is 1.91. The summed E-state index contributed by atoms with van der Waals surface area (Å²) >= 11 is 0. The third kappa shape index (κ3) is 5.06. The summed E-state index contributed by atoms with van der Waals surface area (Å²) in [6.45, 7) is 3.66. The van der Waals surface area contributed by atoms with Gasteiger partial charge in [-0.15, -0.1) is 0 Å². The Hall–Kier alpha value is -1.96. The molecule has 2 saturated heterocycles. The van der Waals surface area contributed by atoms with Gasteiger partial charge in [-0.1, -0.05) is 30.3 Å². The largest absolute Gasteiger partial charge is 0.384 e. The Balaban J connectivity index is 1.64. The van der Waals surface area contributed by atoms with Gasteiger partial charge in [0.25, 0.3) is 0 Å². The number of rotatable bonds is 7. The molecule has 2 heterocycles. The third-order valence-corrected chi connectivity index (χ3v) is 5.45. The minimum atomic E-state index is -0.604. The molecule has 2 aliphatic heterocycles. The quantitative estimate of drug-likeness (QED) is 0.727. The van der Waals surface area contributed by atoms with E-state index in [0.29, 0.717) is 19.7 Å². The number of methoxy groups -OCH3 is 1. The lowest BCUT2D eigenvalue weighted by Gasteiger charge is -2.39. The van der Waals surface area contributed by atoms with Crippen molar-refractivity contribution in [1.29, 1.82) is 0 Å². The second kappa shape index (κ2) is 9.30. The molecular weight excluding hydrogens is 346 g/mol. The lowest BCUT2D eigenvalue weighted by Crippen LogP contribution is -2.57. The molecule has 0 radical (unpaired) electrons. The van der Waals surface area contributed by atoms with Crippen molar-refractivity contribution in [1.82, 2.24) is 15.5 Å². The van der Waals surface area contributed by atoms with Gasteiger partial charge in [-0.05, 0) is 31.5 Å². The predicted molar refractivity (Wildman–Crippen MR) is 101 cm³/mol. The lowest BCUT2D eigenvalue weighted by atomic mass is 9.79. The van der Waals surface area contributed by atoms with Gasteiger partial charge in [-0.2, -0.15) is 0 Å². The second-order valence-corrected chi connectivity index (χ2v) is 7.44. The smallest absolute Gasteiger partial charge is 0.249 e. The summed E-state index contributed by atoms with van der Waals surface area (Å²) in [5, 5.41) is 6.41. The summed E-state index contributed by atoms with van der Waals surface area (Å²) in [5.74, 6) is -0.313. The molecule has 2 fully saturated rings. The Morgan fingerprint density at radius 1 is 1.33 bits per heavy atom. The Morgan fingerprint density at radius 2 is 2.07 bits per heavy atom. The Labute approximate surface area is 160 Å². The van der Waals surface area contributed by atoms with Crippen molar-refractivity contribution in [2.75, 3.05) is 46.6 Å². The van der Waals surface area contributed by atoms with Crippen molar-refractivity contribution < 1.29 is 19.1 Å². The Bertz CT molecular complexity index is 626. The van der Waals surface area contributed by atoms with Crippen LogP contribution in [0.25, 0.3) is 0 Å². The summed E-state index contributed by atoms with van der Waals surface area (Å²) in [6, 6.07) is 9.11. The summed E-state index contributed by atoms with van der Waals surface area (Å²) in [5.41, 5.74) is 0.944. The first-order valence-electron chi connectivity index (χ1n) is 9.52. The van der Waals surface area contributed by atoms with Crippen LogP contribution in [0, 0.1) is 5.41 Å².